The van der Waals surface area contributed by atoms with E-state index in [0.29, 0.717) is 24.4 Å². The lowest BCUT2D eigenvalue weighted by Gasteiger charge is -2.59. The number of rotatable bonds is 5. The summed E-state index contributed by atoms with van der Waals surface area (Å²) in [5.41, 5.74) is 0.211. The molecule has 1 amide bonds. The molecule has 5 fully saturated rings. The Morgan fingerprint density at radius 2 is 1.67 bits per heavy atom. The Labute approximate surface area is 184 Å². The molecule has 4 bridgehead atoms. The van der Waals surface area contributed by atoms with E-state index >= 15 is 0 Å². The van der Waals surface area contributed by atoms with E-state index in [-0.39, 0.29) is 22.3 Å². The smallest absolute Gasteiger partial charge is 0.243 e. The highest BCUT2D eigenvalue weighted by Gasteiger charge is 2.53. The van der Waals surface area contributed by atoms with Gasteiger partial charge in [-0.1, -0.05) is 11.6 Å². The van der Waals surface area contributed by atoms with Gasteiger partial charge in [0, 0.05) is 17.6 Å². The zero-order valence-corrected chi connectivity index (χ0v) is 19.1. The number of hydrogen-bond acceptors (Lipinski definition) is 3. The zero-order chi connectivity index (χ0) is 21.1. The number of nitrogens with zero attached hydrogens (tertiary/aromatic N) is 1. The monoisotopic (exact) mass is 450 g/mol. The second kappa shape index (κ2) is 7.49. The average molecular weight is 451 g/mol. The molecule has 0 unspecified atom stereocenters. The Morgan fingerprint density at radius 1 is 1.10 bits per heavy atom. The lowest BCUT2D eigenvalue weighted by atomic mass is 9.48. The molecular weight excluding hydrogens is 420 g/mol. The van der Waals surface area contributed by atoms with Crippen molar-refractivity contribution in [3.05, 3.63) is 29.3 Å². The molecule has 1 saturated heterocycles. The molecule has 1 N–H and O–H groups in total. The summed E-state index contributed by atoms with van der Waals surface area (Å²) in [6.07, 6.45) is 9.05. The maximum Gasteiger partial charge on any atom is 0.243 e. The van der Waals surface area contributed by atoms with Crippen LogP contribution in [0.2, 0.25) is 5.02 Å². The minimum atomic E-state index is -3.72. The van der Waals surface area contributed by atoms with Crippen molar-refractivity contribution in [3.8, 4) is 0 Å². The van der Waals surface area contributed by atoms with Gasteiger partial charge in [0.05, 0.1) is 4.90 Å². The molecule has 4 saturated carbocycles. The summed E-state index contributed by atoms with van der Waals surface area (Å²) in [5, 5.41) is 3.77. The summed E-state index contributed by atoms with van der Waals surface area (Å²) >= 11 is 5.91. The van der Waals surface area contributed by atoms with Crippen LogP contribution in [0.4, 0.5) is 0 Å². The standard InChI is InChI=1S/C23H31ClN2O3S/c1-15(23-12-16-9-17(13-23)11-18(10-16)14-23)25-22(27)21-3-2-8-26(21)30(28,29)20-6-4-19(24)5-7-20/h4-7,15-18,21H,2-3,8-14H2,1H3,(H,25,27)/t15-,16?,17?,18?,21-,23?/m0/s1. The summed E-state index contributed by atoms with van der Waals surface area (Å²) in [4.78, 5) is 13.4. The van der Waals surface area contributed by atoms with Gasteiger partial charge in [-0.2, -0.15) is 4.31 Å². The molecule has 0 radical (unpaired) electrons. The molecule has 5 nitrogen and oxygen atoms in total. The molecule has 1 heterocycles. The topological polar surface area (TPSA) is 66.5 Å². The number of hydrogen-bond donors (Lipinski definition) is 1. The van der Waals surface area contributed by atoms with Gasteiger partial charge >= 0.3 is 0 Å². The molecule has 1 aromatic rings. The van der Waals surface area contributed by atoms with Crippen molar-refractivity contribution in [2.24, 2.45) is 23.2 Å². The highest BCUT2D eigenvalue weighted by molar-refractivity contribution is 7.89. The van der Waals surface area contributed by atoms with E-state index in [1.807, 2.05) is 0 Å². The first-order chi connectivity index (χ1) is 14.3. The van der Waals surface area contributed by atoms with Crippen molar-refractivity contribution in [3.63, 3.8) is 0 Å². The third-order valence-corrected chi connectivity index (χ3v) is 10.5. The molecule has 0 aromatic heterocycles. The zero-order valence-electron chi connectivity index (χ0n) is 17.5. The van der Waals surface area contributed by atoms with Crippen LogP contribution in [0.5, 0.6) is 0 Å². The van der Waals surface area contributed by atoms with E-state index in [0.717, 1.165) is 17.8 Å². The summed E-state index contributed by atoms with van der Waals surface area (Å²) < 4.78 is 27.7. The summed E-state index contributed by atoms with van der Waals surface area (Å²) in [6, 6.07) is 5.66. The quantitative estimate of drug-likeness (QED) is 0.730. The van der Waals surface area contributed by atoms with Gasteiger partial charge in [-0.25, -0.2) is 8.42 Å². The van der Waals surface area contributed by atoms with Crippen LogP contribution in [0.3, 0.4) is 0 Å². The van der Waals surface area contributed by atoms with Crippen molar-refractivity contribution in [1.29, 1.82) is 0 Å². The first-order valence-electron chi connectivity index (χ1n) is 11.3. The fraction of sp³-hybridized carbons (Fsp3) is 0.696. The van der Waals surface area contributed by atoms with Crippen molar-refractivity contribution in [2.45, 2.75) is 75.3 Å². The Kier molecular flexibility index (Phi) is 5.19. The Morgan fingerprint density at radius 3 is 2.23 bits per heavy atom. The van der Waals surface area contributed by atoms with Crippen molar-refractivity contribution in [2.75, 3.05) is 6.54 Å². The van der Waals surface area contributed by atoms with Gasteiger partial charge in [-0.05, 0) is 106 Å². The van der Waals surface area contributed by atoms with Crippen LogP contribution in [-0.4, -0.2) is 37.3 Å². The van der Waals surface area contributed by atoms with Gasteiger partial charge in [0.15, 0.2) is 0 Å². The van der Waals surface area contributed by atoms with E-state index in [1.165, 1.54) is 55.0 Å². The maximum absolute atomic E-state index is 13.3. The van der Waals surface area contributed by atoms with Gasteiger partial charge < -0.3 is 5.32 Å². The van der Waals surface area contributed by atoms with Crippen LogP contribution in [0.15, 0.2) is 29.2 Å². The van der Waals surface area contributed by atoms with E-state index in [1.54, 1.807) is 12.1 Å². The normalized spacial score (nSPS) is 36.7. The van der Waals surface area contributed by atoms with Gasteiger partial charge in [0.2, 0.25) is 15.9 Å². The fourth-order valence-electron chi connectivity index (χ4n) is 7.20. The fourth-order valence-corrected chi connectivity index (χ4v) is 8.98. The first kappa shape index (κ1) is 20.8. The second-order valence-electron chi connectivity index (χ2n) is 10.2. The number of amides is 1. The predicted molar refractivity (Wildman–Crippen MR) is 117 cm³/mol. The maximum atomic E-state index is 13.3. The number of nitrogens with one attached hydrogen (secondary N) is 1. The van der Waals surface area contributed by atoms with Crippen LogP contribution in [0.25, 0.3) is 0 Å². The summed E-state index contributed by atoms with van der Waals surface area (Å²) in [7, 11) is -3.72. The third kappa shape index (κ3) is 3.49. The van der Waals surface area contributed by atoms with Crippen LogP contribution in [-0.2, 0) is 14.8 Å². The van der Waals surface area contributed by atoms with Crippen LogP contribution in [0.1, 0.15) is 58.3 Å². The summed E-state index contributed by atoms with van der Waals surface area (Å²) in [5.74, 6) is 2.34. The molecule has 164 valence electrons. The van der Waals surface area contributed by atoms with E-state index in [9.17, 15) is 13.2 Å². The molecule has 5 aliphatic rings. The molecule has 1 aromatic carbocycles. The highest BCUT2D eigenvalue weighted by atomic mass is 35.5. The van der Waals surface area contributed by atoms with E-state index in [2.05, 4.69) is 12.2 Å². The number of benzene rings is 1. The molecule has 7 heteroatoms. The Balaban J connectivity index is 1.31. The Hall–Kier alpha value is -1.11. The second-order valence-corrected chi connectivity index (χ2v) is 12.6. The van der Waals surface area contributed by atoms with Crippen LogP contribution in [0, 0.1) is 23.2 Å². The van der Waals surface area contributed by atoms with Gasteiger partial charge in [-0.3, -0.25) is 4.79 Å². The molecule has 2 atom stereocenters. The highest BCUT2D eigenvalue weighted by Crippen LogP contribution is 2.61. The van der Waals surface area contributed by atoms with Crippen molar-refractivity contribution < 1.29 is 13.2 Å². The van der Waals surface area contributed by atoms with Gasteiger partial charge in [0.25, 0.3) is 0 Å². The number of carbonyl (C=O) groups excluding carboxylic acids is 1. The number of carbonyl (C=O) groups is 1. The third-order valence-electron chi connectivity index (χ3n) is 8.29. The minimum absolute atomic E-state index is 0.0964. The average Bonchev–Trinajstić information content (AvgIpc) is 3.18. The molecule has 1 aliphatic heterocycles. The van der Waals surface area contributed by atoms with Crippen LogP contribution < -0.4 is 5.32 Å². The Bertz CT molecular complexity index is 895. The first-order valence-corrected chi connectivity index (χ1v) is 13.2. The minimum Gasteiger partial charge on any atom is -0.352 e. The lowest BCUT2D eigenvalue weighted by molar-refractivity contribution is -0.128. The SMILES string of the molecule is C[C@H](NC(=O)[C@@H]1CCCN1S(=O)(=O)c1ccc(Cl)cc1)C12CC3CC(CC(C3)C1)C2. The van der Waals surface area contributed by atoms with E-state index < -0.39 is 16.1 Å². The molecule has 4 aliphatic carbocycles. The van der Waals surface area contributed by atoms with Crippen molar-refractivity contribution in [1.82, 2.24) is 9.62 Å². The van der Waals surface area contributed by atoms with Crippen molar-refractivity contribution >= 4 is 27.5 Å². The molecular formula is C23H31ClN2O3S. The van der Waals surface area contributed by atoms with Gasteiger partial charge in [0.1, 0.15) is 6.04 Å². The number of sulfonamides is 1. The molecule has 0 spiro atoms. The molecule has 6 rings (SSSR count). The van der Waals surface area contributed by atoms with Gasteiger partial charge in [-0.15, -0.1) is 0 Å². The summed E-state index contributed by atoms with van der Waals surface area (Å²) in [6.45, 7) is 2.53. The van der Waals surface area contributed by atoms with Crippen LogP contribution >= 0.6 is 11.6 Å². The molecule has 30 heavy (non-hydrogen) atoms. The lowest BCUT2D eigenvalue weighted by Crippen LogP contribution is -2.58. The predicted octanol–water partition coefficient (Wildman–Crippen LogP) is 4.21. The van der Waals surface area contributed by atoms with E-state index in [4.69, 9.17) is 11.6 Å². The largest absolute Gasteiger partial charge is 0.352 e. The number of halogens is 1.